The topological polar surface area (TPSA) is 41.5 Å². The monoisotopic (exact) mass is 293 g/mol. The summed E-state index contributed by atoms with van der Waals surface area (Å²) in [6.45, 7) is 1.69. The summed E-state index contributed by atoms with van der Waals surface area (Å²) in [5.74, 6) is 0. The van der Waals surface area contributed by atoms with E-state index in [1.807, 2.05) is 18.2 Å². The maximum atomic E-state index is 8.48. The highest BCUT2D eigenvalue weighted by atomic mass is 79.9. The lowest BCUT2D eigenvalue weighted by Crippen LogP contribution is -2.11. The molecule has 0 bridgehead atoms. The van der Waals surface area contributed by atoms with Crippen LogP contribution in [0.5, 0.6) is 0 Å². The normalized spacial score (nSPS) is 10.3. The molecule has 0 saturated carbocycles. The fourth-order valence-corrected chi connectivity index (χ4v) is 1.47. The Bertz CT molecular complexity index is 309. The van der Waals surface area contributed by atoms with E-state index < -0.39 is 0 Å². The quantitative estimate of drug-likeness (QED) is 0.792. The van der Waals surface area contributed by atoms with Crippen LogP contribution in [0.4, 0.5) is 5.69 Å². The van der Waals surface area contributed by atoms with E-state index in [0.717, 1.165) is 10.2 Å². The van der Waals surface area contributed by atoms with Gasteiger partial charge in [-0.2, -0.15) is 0 Å². The Balaban J connectivity index is 2.28. The lowest BCUT2D eigenvalue weighted by molar-refractivity contribution is 0.0992. The van der Waals surface area contributed by atoms with Gasteiger partial charge in [0.15, 0.2) is 0 Å². The molecule has 0 amide bonds. The first-order valence-corrected chi connectivity index (χ1v) is 5.78. The maximum absolute atomic E-state index is 8.48. The molecule has 0 atom stereocenters. The van der Waals surface area contributed by atoms with Crippen LogP contribution >= 0.6 is 27.5 Å². The summed E-state index contributed by atoms with van der Waals surface area (Å²) in [4.78, 5) is 0. The third-order valence-corrected chi connectivity index (χ3v) is 2.96. The van der Waals surface area contributed by atoms with Gasteiger partial charge in [-0.3, -0.25) is 0 Å². The molecule has 1 aromatic carbocycles. The van der Waals surface area contributed by atoms with Crippen LogP contribution < -0.4 is 5.32 Å². The fourth-order valence-electron chi connectivity index (χ4n) is 1.04. The Morgan fingerprint density at radius 2 is 2.20 bits per heavy atom. The van der Waals surface area contributed by atoms with Crippen LogP contribution in [-0.2, 0) is 4.74 Å². The summed E-state index contributed by atoms with van der Waals surface area (Å²) in [6.07, 6.45) is 0. The van der Waals surface area contributed by atoms with Crippen LogP contribution in [0.25, 0.3) is 0 Å². The molecular weight excluding hydrogens is 281 g/mol. The number of hydrogen-bond donors (Lipinski definition) is 2. The highest BCUT2D eigenvalue weighted by Gasteiger charge is 1.98. The van der Waals surface area contributed by atoms with E-state index in [0.29, 0.717) is 24.8 Å². The van der Waals surface area contributed by atoms with Gasteiger partial charge in [-0.15, -0.1) is 0 Å². The molecule has 1 aromatic rings. The number of rotatable bonds is 6. The minimum Gasteiger partial charge on any atom is -0.394 e. The lowest BCUT2D eigenvalue weighted by Gasteiger charge is -2.07. The Hall–Kier alpha value is -0.290. The summed E-state index contributed by atoms with van der Waals surface area (Å²) in [5.41, 5.74) is 0.954. The molecule has 15 heavy (non-hydrogen) atoms. The number of anilines is 1. The lowest BCUT2D eigenvalue weighted by atomic mass is 10.3. The largest absolute Gasteiger partial charge is 0.394 e. The van der Waals surface area contributed by atoms with Gasteiger partial charge in [0, 0.05) is 16.7 Å². The minimum atomic E-state index is 0.0596. The van der Waals surface area contributed by atoms with Crippen molar-refractivity contribution in [3.63, 3.8) is 0 Å². The Kier molecular flexibility index (Phi) is 6.02. The second kappa shape index (κ2) is 7.06. The van der Waals surface area contributed by atoms with E-state index in [1.165, 1.54) is 0 Å². The highest BCUT2D eigenvalue weighted by molar-refractivity contribution is 9.10. The van der Waals surface area contributed by atoms with Gasteiger partial charge in [-0.25, -0.2) is 0 Å². The molecule has 0 unspecified atom stereocenters. The second-order valence-corrected chi connectivity index (χ2v) is 4.15. The molecule has 1 rings (SSSR count). The van der Waals surface area contributed by atoms with Gasteiger partial charge in [0.25, 0.3) is 0 Å². The van der Waals surface area contributed by atoms with E-state index in [4.69, 9.17) is 21.4 Å². The summed E-state index contributed by atoms with van der Waals surface area (Å²) >= 11 is 9.24. The average Bonchev–Trinajstić information content (AvgIpc) is 2.23. The molecule has 0 saturated heterocycles. The van der Waals surface area contributed by atoms with Gasteiger partial charge in [0.2, 0.25) is 0 Å². The summed E-state index contributed by atoms with van der Waals surface area (Å²) < 4.78 is 5.98. The number of halogens is 2. The van der Waals surface area contributed by atoms with Crippen molar-refractivity contribution in [1.29, 1.82) is 0 Å². The van der Waals surface area contributed by atoms with Crippen LogP contribution in [0, 0.1) is 0 Å². The van der Waals surface area contributed by atoms with E-state index in [2.05, 4.69) is 21.2 Å². The van der Waals surface area contributed by atoms with Crippen LogP contribution in [0.15, 0.2) is 22.7 Å². The first-order valence-electron chi connectivity index (χ1n) is 4.61. The molecule has 0 spiro atoms. The zero-order valence-electron chi connectivity index (χ0n) is 8.17. The van der Waals surface area contributed by atoms with Crippen molar-refractivity contribution in [2.75, 3.05) is 31.7 Å². The number of nitrogens with one attached hydrogen (secondary N) is 1. The average molecular weight is 295 g/mol. The Morgan fingerprint density at radius 3 is 2.87 bits per heavy atom. The molecule has 0 radical (unpaired) electrons. The third-order valence-electron chi connectivity index (χ3n) is 1.73. The van der Waals surface area contributed by atoms with E-state index in [1.54, 1.807) is 0 Å². The standard InChI is InChI=1S/C10H13BrClNO2/c11-9-2-1-8(7-10(9)12)13-3-5-15-6-4-14/h1-2,7,13-14H,3-6H2. The van der Waals surface area contributed by atoms with Crippen LogP contribution in [0.3, 0.4) is 0 Å². The first kappa shape index (κ1) is 12.8. The zero-order valence-corrected chi connectivity index (χ0v) is 10.5. The Morgan fingerprint density at radius 1 is 1.40 bits per heavy atom. The summed E-state index contributed by atoms with van der Waals surface area (Å²) in [5, 5.41) is 12.3. The van der Waals surface area contributed by atoms with Crippen molar-refractivity contribution < 1.29 is 9.84 Å². The van der Waals surface area contributed by atoms with Gasteiger partial charge in [0.05, 0.1) is 24.8 Å². The van der Waals surface area contributed by atoms with Crippen molar-refractivity contribution in [2.45, 2.75) is 0 Å². The van der Waals surface area contributed by atoms with Gasteiger partial charge in [-0.1, -0.05) is 11.6 Å². The SMILES string of the molecule is OCCOCCNc1ccc(Br)c(Cl)c1. The van der Waals surface area contributed by atoms with Gasteiger partial charge < -0.3 is 15.2 Å². The Labute approximate surface area is 103 Å². The number of hydrogen-bond acceptors (Lipinski definition) is 3. The predicted octanol–water partition coefficient (Wildman–Crippen LogP) is 2.52. The molecule has 5 heteroatoms. The second-order valence-electron chi connectivity index (χ2n) is 2.89. The molecule has 0 aliphatic carbocycles. The molecule has 0 heterocycles. The maximum Gasteiger partial charge on any atom is 0.0698 e. The summed E-state index contributed by atoms with van der Waals surface area (Å²) in [6, 6.07) is 5.67. The molecule has 2 N–H and O–H groups in total. The zero-order chi connectivity index (χ0) is 11.1. The molecular formula is C10H13BrClNO2. The van der Waals surface area contributed by atoms with Crippen LogP contribution in [-0.4, -0.2) is 31.5 Å². The van der Waals surface area contributed by atoms with E-state index in [-0.39, 0.29) is 6.61 Å². The van der Waals surface area contributed by atoms with Crippen LogP contribution in [0.1, 0.15) is 0 Å². The van der Waals surface area contributed by atoms with Gasteiger partial charge in [0.1, 0.15) is 0 Å². The number of aliphatic hydroxyl groups is 1. The molecule has 0 fully saturated rings. The van der Waals surface area contributed by atoms with Crippen molar-refractivity contribution in [1.82, 2.24) is 0 Å². The van der Waals surface area contributed by atoms with Crippen LogP contribution in [0.2, 0.25) is 5.02 Å². The molecule has 3 nitrogen and oxygen atoms in total. The van der Waals surface area contributed by atoms with Crippen molar-refractivity contribution in [3.8, 4) is 0 Å². The highest BCUT2D eigenvalue weighted by Crippen LogP contribution is 2.25. The smallest absolute Gasteiger partial charge is 0.0698 e. The number of ether oxygens (including phenoxy) is 1. The summed E-state index contributed by atoms with van der Waals surface area (Å²) in [7, 11) is 0. The predicted molar refractivity (Wildman–Crippen MR) is 65.5 cm³/mol. The number of aliphatic hydroxyl groups excluding tert-OH is 1. The van der Waals surface area contributed by atoms with E-state index in [9.17, 15) is 0 Å². The molecule has 0 aliphatic rings. The fraction of sp³-hybridized carbons (Fsp3) is 0.400. The van der Waals surface area contributed by atoms with Crippen molar-refractivity contribution >= 4 is 33.2 Å². The van der Waals surface area contributed by atoms with Gasteiger partial charge >= 0.3 is 0 Å². The van der Waals surface area contributed by atoms with Gasteiger partial charge in [-0.05, 0) is 34.1 Å². The molecule has 0 aliphatic heterocycles. The molecule has 84 valence electrons. The minimum absolute atomic E-state index is 0.0596. The first-order chi connectivity index (χ1) is 7.24. The van der Waals surface area contributed by atoms with Crippen molar-refractivity contribution in [2.24, 2.45) is 0 Å². The molecule has 0 aromatic heterocycles. The van der Waals surface area contributed by atoms with Crippen molar-refractivity contribution in [3.05, 3.63) is 27.7 Å². The number of benzene rings is 1. The third kappa shape index (κ3) is 4.84. The van der Waals surface area contributed by atoms with E-state index >= 15 is 0 Å².